The molecule has 5 aromatic carbocycles. The predicted octanol–water partition coefficient (Wildman–Crippen LogP) is 11.4. The summed E-state index contributed by atoms with van der Waals surface area (Å²) in [4.78, 5) is 0. The van der Waals surface area contributed by atoms with Gasteiger partial charge in [-0.05, 0) is 64.4 Å². The van der Waals surface area contributed by atoms with E-state index in [0.717, 1.165) is 42.4 Å². The van der Waals surface area contributed by atoms with E-state index in [2.05, 4.69) is 11.7 Å². The van der Waals surface area contributed by atoms with E-state index in [1.165, 1.54) is 0 Å². The van der Waals surface area contributed by atoms with E-state index >= 15 is 0 Å². The lowest BCUT2D eigenvalue weighted by Crippen LogP contribution is -2.25. The van der Waals surface area contributed by atoms with Crippen LogP contribution in [0.15, 0.2) is 91.0 Å². The molecule has 0 amide bonds. The molecule has 0 fully saturated rings. The maximum absolute atomic E-state index is 14.8. The fraction of sp³-hybridized carbons (Fsp3) is 0.167. The minimum atomic E-state index is -4.68. The van der Waals surface area contributed by atoms with Crippen LogP contribution in [0.4, 0.5) is 35.1 Å². The van der Waals surface area contributed by atoms with Gasteiger partial charge in [0, 0.05) is 17.7 Å². The third-order valence-corrected chi connectivity index (χ3v) is 7.39. The van der Waals surface area contributed by atoms with Gasteiger partial charge >= 0.3 is 6.11 Å². The molecule has 0 aliphatic rings. The molecule has 5 rings (SSSR count). The first-order chi connectivity index (χ1) is 21.5. The maximum atomic E-state index is 14.8. The summed E-state index contributed by atoms with van der Waals surface area (Å²) in [5.41, 5.74) is 2.15. The SMILES string of the molecule is CCCCCc1ccc(-c2ccc(-c3ccc(-c4cc(F)c(C(F)(F)Oc5cc(F)c(F)c(F)c5)c(F)c4)cc3)cc2)c(F)c1. The van der Waals surface area contributed by atoms with E-state index in [0.29, 0.717) is 28.8 Å². The lowest BCUT2D eigenvalue weighted by molar-refractivity contribution is -0.189. The van der Waals surface area contributed by atoms with Gasteiger partial charge < -0.3 is 4.74 Å². The molecule has 0 heterocycles. The summed E-state index contributed by atoms with van der Waals surface area (Å²) in [5, 5.41) is 0. The van der Waals surface area contributed by atoms with Crippen LogP contribution in [-0.4, -0.2) is 0 Å². The zero-order chi connectivity index (χ0) is 32.3. The Labute approximate surface area is 254 Å². The van der Waals surface area contributed by atoms with Crippen molar-refractivity contribution in [2.75, 3.05) is 0 Å². The second-order valence-electron chi connectivity index (χ2n) is 10.6. The van der Waals surface area contributed by atoms with Gasteiger partial charge in [-0.15, -0.1) is 0 Å². The van der Waals surface area contributed by atoms with Crippen LogP contribution in [0.5, 0.6) is 5.75 Å². The lowest BCUT2D eigenvalue weighted by atomic mass is 9.96. The Bertz CT molecular complexity index is 1770. The van der Waals surface area contributed by atoms with Crippen LogP contribution < -0.4 is 4.74 Å². The number of benzene rings is 5. The number of aryl methyl sites for hydroxylation is 1. The van der Waals surface area contributed by atoms with Crippen molar-refractivity contribution < 1.29 is 39.9 Å². The highest BCUT2D eigenvalue weighted by molar-refractivity contribution is 5.73. The standard InChI is InChI=1S/C36H26F8O/c1-2-3-4-5-21-6-15-28(29(37)16-21)25-13-11-23(12-14-25)22-7-9-24(10-8-22)26-17-30(38)34(31(39)18-26)36(43,44)45-27-19-32(40)35(42)33(41)20-27/h6-20H,2-5H2,1H3. The Morgan fingerprint density at radius 2 is 1.04 bits per heavy atom. The van der Waals surface area contributed by atoms with Crippen molar-refractivity contribution in [3.8, 4) is 39.1 Å². The van der Waals surface area contributed by atoms with Gasteiger partial charge in [-0.25, -0.2) is 26.3 Å². The van der Waals surface area contributed by atoms with Crippen molar-refractivity contribution in [3.63, 3.8) is 0 Å². The van der Waals surface area contributed by atoms with E-state index in [9.17, 15) is 35.1 Å². The highest BCUT2D eigenvalue weighted by atomic mass is 19.3. The topological polar surface area (TPSA) is 9.23 Å². The van der Waals surface area contributed by atoms with E-state index < -0.39 is 46.5 Å². The number of hydrogen-bond acceptors (Lipinski definition) is 1. The van der Waals surface area contributed by atoms with Crippen molar-refractivity contribution in [2.45, 2.75) is 38.7 Å². The molecule has 0 aliphatic heterocycles. The molecular formula is C36H26F8O. The van der Waals surface area contributed by atoms with Crippen LogP contribution in [0.2, 0.25) is 0 Å². The average Bonchev–Trinajstić information content (AvgIpc) is 2.99. The minimum Gasteiger partial charge on any atom is -0.429 e. The number of ether oxygens (including phenoxy) is 1. The molecule has 0 unspecified atom stereocenters. The molecule has 45 heavy (non-hydrogen) atoms. The van der Waals surface area contributed by atoms with Crippen molar-refractivity contribution in [1.82, 2.24) is 0 Å². The summed E-state index contributed by atoms with van der Waals surface area (Å²) in [6.07, 6.45) is -0.665. The fourth-order valence-electron chi connectivity index (χ4n) is 5.03. The van der Waals surface area contributed by atoms with Crippen LogP contribution in [0.3, 0.4) is 0 Å². The maximum Gasteiger partial charge on any atom is 0.432 e. The minimum absolute atomic E-state index is 0.0565. The molecule has 0 radical (unpaired) electrons. The highest BCUT2D eigenvalue weighted by Gasteiger charge is 2.41. The predicted molar refractivity (Wildman–Crippen MR) is 157 cm³/mol. The molecule has 9 heteroatoms. The first-order valence-corrected chi connectivity index (χ1v) is 14.2. The van der Waals surface area contributed by atoms with Crippen LogP contribution in [0, 0.1) is 34.9 Å². The summed E-state index contributed by atoms with van der Waals surface area (Å²) >= 11 is 0. The van der Waals surface area contributed by atoms with E-state index in [4.69, 9.17) is 0 Å². The molecule has 0 bridgehead atoms. The van der Waals surface area contributed by atoms with E-state index in [-0.39, 0.29) is 23.5 Å². The van der Waals surface area contributed by atoms with Gasteiger partial charge in [0.05, 0.1) is 0 Å². The number of halogens is 8. The van der Waals surface area contributed by atoms with Gasteiger partial charge in [0.2, 0.25) is 0 Å². The molecule has 0 spiro atoms. The van der Waals surface area contributed by atoms with Gasteiger partial charge in [0.25, 0.3) is 0 Å². The Morgan fingerprint density at radius 1 is 0.533 bits per heavy atom. The van der Waals surface area contributed by atoms with Crippen LogP contribution in [0.25, 0.3) is 33.4 Å². The fourth-order valence-corrected chi connectivity index (χ4v) is 5.03. The van der Waals surface area contributed by atoms with Crippen molar-refractivity contribution in [1.29, 1.82) is 0 Å². The Kier molecular flexibility index (Phi) is 9.27. The summed E-state index contributed by atoms with van der Waals surface area (Å²) in [5.74, 6) is -10.3. The Hall–Kier alpha value is -4.66. The molecule has 0 saturated carbocycles. The van der Waals surface area contributed by atoms with E-state index in [1.54, 1.807) is 48.5 Å². The highest BCUT2D eigenvalue weighted by Crippen LogP contribution is 2.38. The number of unbranched alkanes of at least 4 members (excludes halogenated alkanes) is 2. The third kappa shape index (κ3) is 7.03. The van der Waals surface area contributed by atoms with Crippen molar-refractivity contribution >= 4 is 0 Å². The molecule has 1 nitrogen and oxygen atoms in total. The van der Waals surface area contributed by atoms with Crippen LogP contribution in [-0.2, 0) is 12.5 Å². The second-order valence-corrected chi connectivity index (χ2v) is 10.6. The molecule has 232 valence electrons. The summed E-state index contributed by atoms with van der Waals surface area (Å²) in [7, 11) is 0. The molecule has 0 aromatic heterocycles. The van der Waals surface area contributed by atoms with Gasteiger partial charge in [-0.2, -0.15) is 8.78 Å². The molecule has 0 atom stereocenters. The summed E-state index contributed by atoms with van der Waals surface area (Å²) in [6, 6.07) is 20.5. The lowest BCUT2D eigenvalue weighted by Gasteiger charge is -2.20. The second kappa shape index (κ2) is 13.1. The number of alkyl halides is 2. The third-order valence-electron chi connectivity index (χ3n) is 7.39. The number of rotatable bonds is 10. The average molecular weight is 627 g/mol. The Morgan fingerprint density at radius 3 is 1.56 bits per heavy atom. The van der Waals surface area contributed by atoms with Gasteiger partial charge in [-0.1, -0.05) is 80.4 Å². The van der Waals surface area contributed by atoms with Crippen LogP contribution in [0.1, 0.15) is 37.3 Å². The molecule has 5 aromatic rings. The molecule has 0 aliphatic carbocycles. The summed E-state index contributed by atoms with van der Waals surface area (Å²) in [6.45, 7) is 2.11. The monoisotopic (exact) mass is 626 g/mol. The first kappa shape index (κ1) is 31.8. The van der Waals surface area contributed by atoms with Crippen molar-refractivity contribution in [2.24, 2.45) is 0 Å². The largest absolute Gasteiger partial charge is 0.432 e. The van der Waals surface area contributed by atoms with Crippen molar-refractivity contribution in [3.05, 3.63) is 137 Å². The molecule has 0 N–H and O–H groups in total. The van der Waals surface area contributed by atoms with Gasteiger partial charge in [0.15, 0.2) is 17.5 Å². The van der Waals surface area contributed by atoms with Gasteiger partial charge in [-0.3, -0.25) is 0 Å². The normalized spacial score (nSPS) is 11.6. The van der Waals surface area contributed by atoms with Gasteiger partial charge in [0.1, 0.15) is 28.8 Å². The molecule has 0 saturated heterocycles. The smallest absolute Gasteiger partial charge is 0.429 e. The number of hydrogen-bond donors (Lipinski definition) is 0. The quantitative estimate of drug-likeness (QED) is 0.0852. The zero-order valence-electron chi connectivity index (χ0n) is 23.9. The zero-order valence-corrected chi connectivity index (χ0v) is 23.9. The Balaban J connectivity index is 1.32. The van der Waals surface area contributed by atoms with E-state index in [1.807, 2.05) is 18.2 Å². The first-order valence-electron chi connectivity index (χ1n) is 14.2. The molecular weight excluding hydrogens is 600 g/mol. The summed E-state index contributed by atoms with van der Waals surface area (Å²) < 4.78 is 118. The van der Waals surface area contributed by atoms with Crippen LogP contribution >= 0.6 is 0 Å².